The molecule has 0 saturated carbocycles. The van der Waals surface area contributed by atoms with Crippen LogP contribution in [0, 0.1) is 0 Å². The fourth-order valence-corrected chi connectivity index (χ4v) is 2.44. The van der Waals surface area contributed by atoms with Crippen molar-refractivity contribution in [3.8, 4) is 0 Å². The maximum Gasteiger partial charge on any atom is 0.288 e. The van der Waals surface area contributed by atoms with Crippen molar-refractivity contribution in [2.75, 3.05) is 0 Å². The van der Waals surface area contributed by atoms with Gasteiger partial charge in [0.25, 0.3) is 5.56 Å². The molecule has 0 aliphatic heterocycles. The van der Waals surface area contributed by atoms with Crippen LogP contribution in [0.3, 0.4) is 0 Å². The minimum atomic E-state index is -0.288. The van der Waals surface area contributed by atoms with Crippen LogP contribution in [0.2, 0.25) is 0 Å². The van der Waals surface area contributed by atoms with Crippen molar-refractivity contribution < 1.29 is 4.79 Å². The monoisotopic (exact) mass is 219 g/mol. The largest absolute Gasteiger partial charge is 0.294 e. The zero-order valence-corrected chi connectivity index (χ0v) is 8.25. The first kappa shape index (κ1) is 8.37. The Labute approximate surface area is 87.0 Å². The molecule has 15 heavy (non-hydrogen) atoms. The maximum atomic E-state index is 11.5. The third-order valence-electron chi connectivity index (χ3n) is 2.26. The molecule has 0 fully saturated rings. The number of aromatic nitrogens is 3. The molecule has 3 aromatic heterocycles. The number of aromatic amines is 1. The van der Waals surface area contributed by atoms with Crippen molar-refractivity contribution in [2.24, 2.45) is 0 Å². The van der Waals surface area contributed by atoms with Gasteiger partial charge in [-0.3, -0.25) is 14.0 Å². The Kier molecular flexibility index (Phi) is 1.54. The SMILES string of the molecule is O=Cc1n[nH]c(=O)c2cc3sccc3n12. The Morgan fingerprint density at radius 1 is 1.47 bits per heavy atom. The number of hydrogen-bond acceptors (Lipinski definition) is 4. The van der Waals surface area contributed by atoms with Gasteiger partial charge in [0.05, 0.1) is 10.2 Å². The van der Waals surface area contributed by atoms with Gasteiger partial charge >= 0.3 is 0 Å². The molecule has 0 aliphatic rings. The zero-order valence-electron chi connectivity index (χ0n) is 7.43. The quantitative estimate of drug-likeness (QED) is 0.622. The van der Waals surface area contributed by atoms with Gasteiger partial charge in [-0.25, -0.2) is 5.10 Å². The first-order chi connectivity index (χ1) is 7.31. The van der Waals surface area contributed by atoms with E-state index in [-0.39, 0.29) is 11.4 Å². The minimum absolute atomic E-state index is 0.206. The predicted molar refractivity (Wildman–Crippen MR) is 56.6 cm³/mol. The molecule has 0 amide bonds. The summed E-state index contributed by atoms with van der Waals surface area (Å²) in [5, 5.41) is 7.89. The van der Waals surface area contributed by atoms with Crippen molar-refractivity contribution in [3.05, 3.63) is 33.7 Å². The number of nitrogens with one attached hydrogen (secondary N) is 1. The van der Waals surface area contributed by atoms with Crippen LogP contribution in [-0.2, 0) is 0 Å². The zero-order chi connectivity index (χ0) is 10.4. The van der Waals surface area contributed by atoms with E-state index in [1.54, 1.807) is 10.5 Å². The Bertz CT molecular complexity index is 722. The molecule has 5 nitrogen and oxygen atoms in total. The number of thiophene rings is 1. The molecule has 0 radical (unpaired) electrons. The first-order valence-corrected chi connectivity index (χ1v) is 5.12. The number of hydrogen-bond donors (Lipinski definition) is 1. The second-order valence-corrected chi connectivity index (χ2v) is 4.01. The lowest BCUT2D eigenvalue weighted by molar-refractivity contribution is 0.111. The summed E-state index contributed by atoms with van der Waals surface area (Å²) in [4.78, 5) is 22.3. The second-order valence-electron chi connectivity index (χ2n) is 3.06. The van der Waals surface area contributed by atoms with Crippen LogP contribution in [0.15, 0.2) is 22.3 Å². The molecule has 0 spiro atoms. The summed E-state index contributed by atoms with van der Waals surface area (Å²) in [5.41, 5.74) is 1.01. The lowest BCUT2D eigenvalue weighted by Crippen LogP contribution is -2.14. The number of aldehydes is 1. The number of carbonyl (C=O) groups excluding carboxylic acids is 1. The number of rotatable bonds is 1. The van der Waals surface area contributed by atoms with Crippen LogP contribution in [0.5, 0.6) is 0 Å². The predicted octanol–water partition coefficient (Wildman–Crippen LogP) is 1.05. The number of H-pyrrole nitrogens is 1. The van der Waals surface area contributed by atoms with E-state index in [4.69, 9.17) is 0 Å². The van der Waals surface area contributed by atoms with Crippen molar-refractivity contribution in [2.45, 2.75) is 0 Å². The fraction of sp³-hybridized carbons (Fsp3) is 0. The van der Waals surface area contributed by atoms with Crippen LogP contribution in [0.1, 0.15) is 10.6 Å². The molecule has 1 N–H and O–H groups in total. The van der Waals surface area contributed by atoms with Gasteiger partial charge in [0, 0.05) is 0 Å². The molecule has 0 unspecified atom stereocenters. The molecule has 3 aromatic rings. The average molecular weight is 219 g/mol. The molecule has 3 rings (SSSR count). The highest BCUT2D eigenvalue weighted by molar-refractivity contribution is 7.17. The molecule has 0 saturated heterocycles. The van der Waals surface area contributed by atoms with Crippen LogP contribution in [0.25, 0.3) is 15.7 Å². The molecule has 74 valence electrons. The molecule has 3 heterocycles. The summed E-state index contributed by atoms with van der Waals surface area (Å²) in [5.74, 6) is 0.206. The van der Waals surface area contributed by atoms with Crippen LogP contribution in [0.4, 0.5) is 0 Å². The van der Waals surface area contributed by atoms with Gasteiger partial charge in [0.2, 0.25) is 0 Å². The van der Waals surface area contributed by atoms with Gasteiger partial charge in [0.15, 0.2) is 12.1 Å². The van der Waals surface area contributed by atoms with Gasteiger partial charge in [-0.2, -0.15) is 5.10 Å². The van der Waals surface area contributed by atoms with E-state index in [0.29, 0.717) is 11.8 Å². The van der Waals surface area contributed by atoms with E-state index in [2.05, 4.69) is 10.2 Å². The number of nitrogens with zero attached hydrogens (tertiary/aromatic N) is 2. The highest BCUT2D eigenvalue weighted by Gasteiger charge is 2.10. The smallest absolute Gasteiger partial charge is 0.288 e. The maximum absolute atomic E-state index is 11.5. The van der Waals surface area contributed by atoms with E-state index in [0.717, 1.165) is 10.2 Å². The summed E-state index contributed by atoms with van der Waals surface area (Å²) in [7, 11) is 0. The van der Waals surface area contributed by atoms with Crippen molar-refractivity contribution in [1.29, 1.82) is 0 Å². The summed E-state index contributed by atoms with van der Waals surface area (Å²) >= 11 is 1.52. The molecule has 6 heteroatoms. The van der Waals surface area contributed by atoms with Gasteiger partial charge < -0.3 is 0 Å². The third kappa shape index (κ3) is 0.991. The van der Waals surface area contributed by atoms with Crippen LogP contribution in [-0.4, -0.2) is 20.9 Å². The Hall–Kier alpha value is -1.95. The summed E-state index contributed by atoms with van der Waals surface area (Å²) < 4.78 is 2.54. The number of carbonyl (C=O) groups is 1. The lowest BCUT2D eigenvalue weighted by Gasteiger charge is -1.96. The van der Waals surface area contributed by atoms with Crippen molar-refractivity contribution in [3.63, 3.8) is 0 Å². The summed E-state index contributed by atoms with van der Waals surface area (Å²) in [6, 6.07) is 3.62. The molecule has 0 bridgehead atoms. The average Bonchev–Trinajstić information content (AvgIpc) is 2.79. The summed E-state index contributed by atoms with van der Waals surface area (Å²) in [6.07, 6.45) is 0.625. The second kappa shape index (κ2) is 2.77. The Morgan fingerprint density at radius 3 is 3.13 bits per heavy atom. The number of fused-ring (bicyclic) bond motifs is 3. The minimum Gasteiger partial charge on any atom is -0.294 e. The molecule has 0 aromatic carbocycles. The Balaban J connectivity index is 2.71. The fourth-order valence-electron chi connectivity index (χ4n) is 1.63. The normalized spacial score (nSPS) is 11.2. The van der Waals surface area contributed by atoms with E-state index < -0.39 is 0 Å². The van der Waals surface area contributed by atoms with E-state index in [1.807, 2.05) is 11.4 Å². The molecular weight excluding hydrogens is 214 g/mol. The first-order valence-electron chi connectivity index (χ1n) is 4.24. The molecule has 0 aliphatic carbocycles. The van der Waals surface area contributed by atoms with E-state index >= 15 is 0 Å². The Morgan fingerprint density at radius 2 is 2.33 bits per heavy atom. The van der Waals surface area contributed by atoms with Crippen LogP contribution < -0.4 is 5.56 Å². The highest BCUT2D eigenvalue weighted by atomic mass is 32.1. The third-order valence-corrected chi connectivity index (χ3v) is 3.12. The molecular formula is C9H5N3O2S. The van der Waals surface area contributed by atoms with Gasteiger partial charge in [0.1, 0.15) is 5.52 Å². The highest BCUT2D eigenvalue weighted by Crippen LogP contribution is 2.23. The van der Waals surface area contributed by atoms with E-state index in [9.17, 15) is 9.59 Å². The van der Waals surface area contributed by atoms with Crippen LogP contribution >= 0.6 is 11.3 Å². The van der Waals surface area contributed by atoms with Gasteiger partial charge in [-0.05, 0) is 17.5 Å². The van der Waals surface area contributed by atoms with Gasteiger partial charge in [-0.1, -0.05) is 0 Å². The van der Waals surface area contributed by atoms with E-state index in [1.165, 1.54) is 11.3 Å². The van der Waals surface area contributed by atoms with Crippen molar-refractivity contribution in [1.82, 2.24) is 14.6 Å². The van der Waals surface area contributed by atoms with Crippen molar-refractivity contribution >= 4 is 33.4 Å². The lowest BCUT2D eigenvalue weighted by atomic mass is 10.5. The summed E-state index contributed by atoms with van der Waals surface area (Å²) in [6.45, 7) is 0. The van der Waals surface area contributed by atoms with Gasteiger partial charge in [-0.15, -0.1) is 11.3 Å². The standard InChI is InChI=1S/C9H5N3O2S/c13-4-8-10-11-9(14)6-3-7-5(12(6)8)1-2-15-7/h1-4H,(H,11,14). The molecule has 0 atom stereocenters. The topological polar surface area (TPSA) is 67.2 Å².